The van der Waals surface area contributed by atoms with Gasteiger partial charge in [0.15, 0.2) is 5.82 Å². The maximum atomic E-state index is 8.95. The molecule has 0 aliphatic rings. The molecule has 1 aromatic carbocycles. The van der Waals surface area contributed by atoms with Crippen LogP contribution < -0.4 is 4.90 Å². The van der Waals surface area contributed by atoms with Crippen LogP contribution in [0.3, 0.4) is 0 Å². The highest BCUT2D eigenvalue weighted by Gasteiger charge is 2.11. The van der Waals surface area contributed by atoms with Crippen molar-refractivity contribution in [2.45, 2.75) is 19.9 Å². The summed E-state index contributed by atoms with van der Waals surface area (Å²) in [6.07, 6.45) is 0.710. The van der Waals surface area contributed by atoms with Crippen LogP contribution in [0.15, 0.2) is 34.9 Å². The van der Waals surface area contributed by atoms with E-state index in [0.717, 1.165) is 12.2 Å². The molecule has 5 heteroatoms. The second-order valence-corrected chi connectivity index (χ2v) is 4.07. The molecule has 0 aliphatic heterocycles. The summed E-state index contributed by atoms with van der Waals surface area (Å²) in [5, 5.41) is 12.7. The van der Waals surface area contributed by atoms with Crippen LogP contribution in [0.25, 0.3) is 0 Å². The second-order valence-electron chi connectivity index (χ2n) is 4.07. The van der Waals surface area contributed by atoms with Gasteiger partial charge < -0.3 is 14.5 Å². The van der Waals surface area contributed by atoms with Crippen molar-refractivity contribution >= 4 is 5.69 Å². The first-order valence-electron chi connectivity index (χ1n) is 5.99. The predicted octanol–water partition coefficient (Wildman–Crippen LogP) is 1.77. The van der Waals surface area contributed by atoms with E-state index in [1.807, 2.05) is 30.3 Å². The van der Waals surface area contributed by atoms with E-state index >= 15 is 0 Å². The Morgan fingerprint density at radius 3 is 2.67 bits per heavy atom. The number of para-hydroxylation sites is 1. The molecule has 0 unspecified atom stereocenters. The first-order valence-corrected chi connectivity index (χ1v) is 5.99. The minimum Gasteiger partial charge on any atom is -0.396 e. The fourth-order valence-electron chi connectivity index (χ4n) is 1.77. The Kier molecular flexibility index (Phi) is 4.30. The highest BCUT2D eigenvalue weighted by Crippen LogP contribution is 2.16. The summed E-state index contributed by atoms with van der Waals surface area (Å²) in [5.74, 6) is 1.23. The number of aryl methyl sites for hydroxylation is 1. The van der Waals surface area contributed by atoms with Crippen LogP contribution in [0.4, 0.5) is 5.69 Å². The Balaban J connectivity index is 2.10. The van der Waals surface area contributed by atoms with Gasteiger partial charge in [0.1, 0.15) is 0 Å². The maximum absolute atomic E-state index is 8.95. The third-order valence-corrected chi connectivity index (χ3v) is 2.60. The molecular formula is C13H17N3O2. The largest absolute Gasteiger partial charge is 0.396 e. The molecule has 0 saturated carbocycles. The fourth-order valence-corrected chi connectivity index (χ4v) is 1.77. The molecule has 0 spiro atoms. The Morgan fingerprint density at radius 2 is 2.06 bits per heavy atom. The highest BCUT2D eigenvalue weighted by molar-refractivity contribution is 5.45. The molecule has 2 aromatic rings. The van der Waals surface area contributed by atoms with Crippen molar-refractivity contribution in [3.05, 3.63) is 42.0 Å². The Morgan fingerprint density at radius 1 is 1.28 bits per heavy atom. The van der Waals surface area contributed by atoms with Gasteiger partial charge in [-0.1, -0.05) is 23.4 Å². The zero-order chi connectivity index (χ0) is 12.8. The smallest absolute Gasteiger partial charge is 0.246 e. The van der Waals surface area contributed by atoms with E-state index in [9.17, 15) is 0 Å². The number of aliphatic hydroxyl groups is 1. The molecule has 0 atom stereocenters. The molecule has 0 aliphatic carbocycles. The molecule has 0 bridgehead atoms. The van der Waals surface area contributed by atoms with Crippen LogP contribution in [0.2, 0.25) is 0 Å². The predicted molar refractivity (Wildman–Crippen MR) is 68.2 cm³/mol. The molecule has 1 aromatic heterocycles. The monoisotopic (exact) mass is 247 g/mol. The summed E-state index contributed by atoms with van der Waals surface area (Å²) in [7, 11) is 0. The average molecular weight is 247 g/mol. The number of rotatable bonds is 6. The summed E-state index contributed by atoms with van der Waals surface area (Å²) < 4.78 is 5.13. The summed E-state index contributed by atoms with van der Waals surface area (Å²) >= 11 is 0. The number of nitrogens with zero attached hydrogens (tertiary/aromatic N) is 3. The lowest BCUT2D eigenvalue weighted by Crippen LogP contribution is -2.24. The Hall–Kier alpha value is -1.88. The van der Waals surface area contributed by atoms with Gasteiger partial charge in [-0.3, -0.25) is 0 Å². The lowest BCUT2D eigenvalue weighted by atomic mass is 10.2. The van der Waals surface area contributed by atoms with Gasteiger partial charge in [-0.15, -0.1) is 0 Å². The molecule has 1 heterocycles. The van der Waals surface area contributed by atoms with Gasteiger partial charge in [0, 0.05) is 18.8 Å². The first kappa shape index (κ1) is 12.6. The molecule has 5 nitrogen and oxygen atoms in total. The van der Waals surface area contributed by atoms with Crippen molar-refractivity contribution in [2.24, 2.45) is 0 Å². The van der Waals surface area contributed by atoms with Crippen molar-refractivity contribution in [2.75, 3.05) is 18.1 Å². The number of hydrogen-bond acceptors (Lipinski definition) is 5. The lowest BCUT2D eigenvalue weighted by Gasteiger charge is -2.22. The van der Waals surface area contributed by atoms with Crippen molar-refractivity contribution in [1.82, 2.24) is 10.1 Å². The lowest BCUT2D eigenvalue weighted by molar-refractivity contribution is 0.288. The number of hydrogen-bond donors (Lipinski definition) is 1. The van der Waals surface area contributed by atoms with Crippen molar-refractivity contribution < 1.29 is 9.63 Å². The number of anilines is 1. The normalized spacial score (nSPS) is 10.6. The molecule has 0 radical (unpaired) electrons. The van der Waals surface area contributed by atoms with Gasteiger partial charge >= 0.3 is 0 Å². The van der Waals surface area contributed by atoms with Crippen LogP contribution in [0, 0.1) is 6.92 Å². The van der Waals surface area contributed by atoms with E-state index in [4.69, 9.17) is 9.63 Å². The molecule has 2 rings (SSSR count). The molecule has 0 saturated heterocycles. The molecule has 0 amide bonds. The summed E-state index contributed by atoms with van der Waals surface area (Å²) in [5.41, 5.74) is 1.09. The summed E-state index contributed by atoms with van der Waals surface area (Å²) in [6, 6.07) is 10.0. The van der Waals surface area contributed by atoms with Crippen molar-refractivity contribution in [1.29, 1.82) is 0 Å². The zero-order valence-electron chi connectivity index (χ0n) is 10.4. The zero-order valence-corrected chi connectivity index (χ0v) is 10.4. The fraction of sp³-hybridized carbons (Fsp3) is 0.385. The number of aromatic nitrogens is 2. The average Bonchev–Trinajstić information content (AvgIpc) is 2.81. The van der Waals surface area contributed by atoms with E-state index in [-0.39, 0.29) is 6.61 Å². The van der Waals surface area contributed by atoms with E-state index < -0.39 is 0 Å². The van der Waals surface area contributed by atoms with Gasteiger partial charge in [0.25, 0.3) is 0 Å². The van der Waals surface area contributed by atoms with Crippen LogP contribution >= 0.6 is 0 Å². The molecule has 96 valence electrons. The molecule has 0 fully saturated rings. The maximum Gasteiger partial charge on any atom is 0.246 e. The van der Waals surface area contributed by atoms with Crippen molar-refractivity contribution in [3.63, 3.8) is 0 Å². The van der Waals surface area contributed by atoms with E-state index in [0.29, 0.717) is 24.7 Å². The van der Waals surface area contributed by atoms with Crippen LogP contribution in [-0.2, 0) is 6.54 Å². The molecule has 1 N–H and O–H groups in total. The minimum atomic E-state index is 0.173. The SMILES string of the molecule is Cc1noc(CN(CCCO)c2ccccc2)n1. The van der Waals surface area contributed by atoms with E-state index in [2.05, 4.69) is 15.0 Å². The quantitative estimate of drug-likeness (QED) is 0.842. The van der Waals surface area contributed by atoms with Gasteiger partial charge in [-0.25, -0.2) is 0 Å². The third-order valence-electron chi connectivity index (χ3n) is 2.60. The third kappa shape index (κ3) is 3.30. The van der Waals surface area contributed by atoms with E-state index in [1.54, 1.807) is 6.92 Å². The molecular weight excluding hydrogens is 230 g/mol. The standard InChI is InChI=1S/C13H17N3O2/c1-11-14-13(18-15-11)10-16(8-5-9-17)12-6-3-2-4-7-12/h2-4,6-7,17H,5,8-10H2,1H3. The van der Waals surface area contributed by atoms with Gasteiger partial charge in [0.05, 0.1) is 6.54 Å². The van der Waals surface area contributed by atoms with Crippen molar-refractivity contribution in [3.8, 4) is 0 Å². The molecule has 18 heavy (non-hydrogen) atoms. The van der Waals surface area contributed by atoms with Gasteiger partial charge in [0.2, 0.25) is 5.89 Å². The van der Waals surface area contributed by atoms with Gasteiger partial charge in [-0.05, 0) is 25.5 Å². The van der Waals surface area contributed by atoms with E-state index in [1.165, 1.54) is 0 Å². The Labute approximate surface area is 106 Å². The van der Waals surface area contributed by atoms with Crippen LogP contribution in [0.5, 0.6) is 0 Å². The Bertz CT molecular complexity index is 470. The van der Waals surface area contributed by atoms with Crippen LogP contribution in [-0.4, -0.2) is 28.4 Å². The van der Waals surface area contributed by atoms with Gasteiger partial charge in [-0.2, -0.15) is 4.98 Å². The number of benzene rings is 1. The second kappa shape index (κ2) is 6.16. The topological polar surface area (TPSA) is 62.4 Å². The number of aliphatic hydroxyl groups excluding tert-OH is 1. The van der Waals surface area contributed by atoms with Crippen LogP contribution in [0.1, 0.15) is 18.1 Å². The highest BCUT2D eigenvalue weighted by atomic mass is 16.5. The summed E-state index contributed by atoms with van der Waals surface area (Å²) in [4.78, 5) is 6.32. The first-order chi connectivity index (χ1) is 8.79. The summed E-state index contributed by atoms with van der Waals surface area (Å²) in [6.45, 7) is 3.28. The minimum absolute atomic E-state index is 0.173.